The van der Waals surface area contributed by atoms with Gasteiger partial charge in [0.1, 0.15) is 5.76 Å². The Morgan fingerprint density at radius 2 is 1.68 bits per heavy atom. The van der Waals surface area contributed by atoms with Crippen LogP contribution in [0.2, 0.25) is 0 Å². The number of rotatable bonds is 5. The molecule has 0 bridgehead atoms. The zero-order valence-electron chi connectivity index (χ0n) is 17.6. The summed E-state index contributed by atoms with van der Waals surface area (Å²) in [7, 11) is 1.33. The number of ether oxygens (including phenoxy) is 1. The molecule has 0 aliphatic carbocycles. The maximum Gasteiger partial charge on any atom is 0.339 e. The largest absolute Gasteiger partial charge is 0.512 e. The van der Waals surface area contributed by atoms with Crippen molar-refractivity contribution < 1.29 is 14.6 Å². The van der Waals surface area contributed by atoms with Crippen LogP contribution in [0.1, 0.15) is 41.0 Å². The van der Waals surface area contributed by atoms with Gasteiger partial charge in [-0.3, -0.25) is 14.9 Å². The van der Waals surface area contributed by atoms with Crippen LogP contribution in [0.3, 0.4) is 0 Å². The molecule has 1 aromatic carbocycles. The number of aromatic nitrogens is 2. The minimum absolute atomic E-state index is 0.0123. The second-order valence-electron chi connectivity index (χ2n) is 7.64. The first-order chi connectivity index (χ1) is 15.1. The topological polar surface area (TPSA) is 75.6 Å². The van der Waals surface area contributed by atoms with E-state index in [1.165, 1.54) is 12.7 Å². The number of hydrogen-bond acceptors (Lipinski definition) is 6. The zero-order valence-corrected chi connectivity index (χ0v) is 17.6. The summed E-state index contributed by atoms with van der Waals surface area (Å²) in [6, 6.07) is 18.8. The molecule has 0 amide bonds. The average molecular weight is 415 g/mol. The van der Waals surface area contributed by atoms with Gasteiger partial charge in [-0.15, -0.1) is 0 Å². The quantitative estimate of drug-likeness (QED) is 0.620. The van der Waals surface area contributed by atoms with Gasteiger partial charge in [-0.05, 0) is 36.8 Å². The molecule has 31 heavy (non-hydrogen) atoms. The first-order valence-electron chi connectivity index (χ1n) is 10.2. The molecule has 3 heterocycles. The first-order valence-corrected chi connectivity index (χ1v) is 10.2. The van der Waals surface area contributed by atoms with E-state index in [9.17, 15) is 9.90 Å². The lowest BCUT2D eigenvalue weighted by Gasteiger charge is -2.41. The van der Waals surface area contributed by atoms with Crippen LogP contribution in [0, 0.1) is 6.92 Å². The molecule has 0 spiro atoms. The van der Waals surface area contributed by atoms with Gasteiger partial charge in [-0.25, -0.2) is 4.79 Å². The molecule has 6 heteroatoms. The Morgan fingerprint density at radius 3 is 2.26 bits per heavy atom. The van der Waals surface area contributed by atoms with E-state index in [4.69, 9.17) is 4.74 Å². The van der Waals surface area contributed by atoms with Crippen molar-refractivity contribution in [2.45, 2.75) is 32.0 Å². The van der Waals surface area contributed by atoms with E-state index in [0.717, 1.165) is 11.3 Å². The third-order valence-electron chi connectivity index (χ3n) is 5.59. The molecule has 6 nitrogen and oxygen atoms in total. The summed E-state index contributed by atoms with van der Waals surface area (Å²) < 4.78 is 5.04. The predicted octanol–water partition coefficient (Wildman–Crippen LogP) is 4.46. The van der Waals surface area contributed by atoms with E-state index < -0.39 is 12.0 Å². The summed E-state index contributed by atoms with van der Waals surface area (Å²) in [5.41, 5.74) is 3.99. The number of hydrogen-bond donors (Lipinski definition) is 1. The van der Waals surface area contributed by atoms with Crippen molar-refractivity contribution in [3.8, 4) is 0 Å². The Kier molecular flexibility index (Phi) is 6.09. The minimum Gasteiger partial charge on any atom is -0.512 e. The smallest absolute Gasteiger partial charge is 0.339 e. The Labute approximate surface area is 181 Å². The highest BCUT2D eigenvalue weighted by atomic mass is 16.5. The van der Waals surface area contributed by atoms with Crippen LogP contribution in [0.25, 0.3) is 0 Å². The molecule has 3 aromatic rings. The number of benzene rings is 1. The molecular weight excluding hydrogens is 390 g/mol. The maximum absolute atomic E-state index is 12.7. The predicted molar refractivity (Wildman–Crippen MR) is 117 cm³/mol. The van der Waals surface area contributed by atoms with Gasteiger partial charge in [0, 0.05) is 25.4 Å². The number of aliphatic hydroxyl groups excluding tert-OH is 1. The SMILES string of the molecule is COC(=O)C1=C(O)C[C@H](c2ccccn2)N(Cc2ccc(C)cc2)[C@@H]1c1ccccn1. The molecule has 4 rings (SSSR count). The second kappa shape index (κ2) is 9.10. The fraction of sp³-hybridized carbons (Fsp3) is 0.240. The van der Waals surface area contributed by atoms with Gasteiger partial charge < -0.3 is 9.84 Å². The molecule has 2 aromatic heterocycles. The van der Waals surface area contributed by atoms with E-state index in [1.54, 1.807) is 12.4 Å². The molecule has 2 atom stereocenters. The number of esters is 1. The third kappa shape index (κ3) is 4.34. The van der Waals surface area contributed by atoms with Crippen LogP contribution in [-0.2, 0) is 16.1 Å². The Morgan fingerprint density at radius 1 is 1.03 bits per heavy atom. The molecule has 1 aliphatic heterocycles. The number of pyridine rings is 2. The summed E-state index contributed by atoms with van der Waals surface area (Å²) in [5, 5.41) is 11.0. The number of methoxy groups -OCH3 is 1. The molecule has 0 saturated carbocycles. The highest BCUT2D eigenvalue weighted by Gasteiger charge is 2.42. The normalized spacial score (nSPS) is 19.3. The van der Waals surface area contributed by atoms with E-state index in [2.05, 4.69) is 39.1 Å². The lowest BCUT2D eigenvalue weighted by Crippen LogP contribution is -2.40. The van der Waals surface area contributed by atoms with Gasteiger partial charge in [-0.2, -0.15) is 0 Å². The summed E-state index contributed by atoms with van der Waals surface area (Å²) >= 11 is 0. The van der Waals surface area contributed by atoms with Crippen molar-refractivity contribution in [1.29, 1.82) is 0 Å². The van der Waals surface area contributed by atoms with Gasteiger partial charge >= 0.3 is 5.97 Å². The summed E-state index contributed by atoms with van der Waals surface area (Å²) in [6.07, 6.45) is 3.69. The highest BCUT2D eigenvalue weighted by Crippen LogP contribution is 2.44. The molecule has 1 N–H and O–H groups in total. The number of nitrogens with zero attached hydrogens (tertiary/aromatic N) is 3. The monoisotopic (exact) mass is 415 g/mol. The summed E-state index contributed by atoms with van der Waals surface area (Å²) in [4.78, 5) is 24.0. The van der Waals surface area contributed by atoms with Gasteiger partial charge in [0.25, 0.3) is 0 Å². The Bertz CT molecular complexity index is 1070. The average Bonchev–Trinajstić information content (AvgIpc) is 2.81. The summed E-state index contributed by atoms with van der Waals surface area (Å²) in [6.45, 7) is 2.60. The van der Waals surface area contributed by atoms with Crippen LogP contribution in [0.4, 0.5) is 0 Å². The van der Waals surface area contributed by atoms with Gasteiger partial charge in [0.05, 0.1) is 36.2 Å². The van der Waals surface area contributed by atoms with Crippen molar-refractivity contribution in [1.82, 2.24) is 14.9 Å². The highest BCUT2D eigenvalue weighted by molar-refractivity contribution is 5.90. The molecule has 0 radical (unpaired) electrons. The van der Waals surface area contributed by atoms with Crippen molar-refractivity contribution in [3.63, 3.8) is 0 Å². The first kappa shape index (κ1) is 20.8. The van der Waals surface area contributed by atoms with Crippen LogP contribution in [0.5, 0.6) is 0 Å². The Balaban J connectivity index is 1.87. The molecule has 0 saturated heterocycles. The van der Waals surface area contributed by atoms with Gasteiger partial charge in [0.15, 0.2) is 0 Å². The molecule has 0 fully saturated rings. The minimum atomic E-state index is -0.573. The standard InChI is InChI=1S/C25H25N3O3/c1-17-9-11-18(12-10-17)16-28-21(19-7-3-5-13-26-19)15-22(29)23(25(30)31-2)24(28)20-8-4-6-14-27-20/h3-14,21,24,29H,15-16H2,1-2H3/t21-,24-/m1/s1. The number of carbonyl (C=O) groups excluding carboxylic acids is 1. The molecule has 1 aliphatic rings. The zero-order chi connectivity index (χ0) is 21.8. The fourth-order valence-electron chi connectivity index (χ4n) is 4.06. The van der Waals surface area contributed by atoms with Crippen molar-refractivity contribution >= 4 is 5.97 Å². The molecule has 0 unspecified atom stereocenters. The second-order valence-corrected chi connectivity index (χ2v) is 7.64. The van der Waals surface area contributed by atoms with Crippen LogP contribution in [0.15, 0.2) is 84.4 Å². The van der Waals surface area contributed by atoms with Crippen molar-refractivity contribution in [2.24, 2.45) is 0 Å². The van der Waals surface area contributed by atoms with E-state index in [1.807, 2.05) is 43.3 Å². The molecule has 158 valence electrons. The third-order valence-corrected chi connectivity index (χ3v) is 5.59. The van der Waals surface area contributed by atoms with Crippen LogP contribution >= 0.6 is 0 Å². The van der Waals surface area contributed by atoms with E-state index >= 15 is 0 Å². The van der Waals surface area contributed by atoms with E-state index in [-0.39, 0.29) is 23.8 Å². The van der Waals surface area contributed by atoms with Gasteiger partial charge in [-0.1, -0.05) is 42.0 Å². The van der Waals surface area contributed by atoms with E-state index in [0.29, 0.717) is 12.2 Å². The Hall–Kier alpha value is -3.51. The van der Waals surface area contributed by atoms with Crippen LogP contribution in [-0.4, -0.2) is 33.1 Å². The van der Waals surface area contributed by atoms with Crippen molar-refractivity contribution in [2.75, 3.05) is 7.11 Å². The molecular formula is C25H25N3O3. The number of aryl methyl sites for hydroxylation is 1. The van der Waals surface area contributed by atoms with Gasteiger partial charge in [0.2, 0.25) is 0 Å². The van der Waals surface area contributed by atoms with Crippen LogP contribution < -0.4 is 0 Å². The lowest BCUT2D eigenvalue weighted by molar-refractivity contribution is -0.137. The lowest BCUT2D eigenvalue weighted by atomic mass is 9.88. The maximum atomic E-state index is 12.7. The summed E-state index contributed by atoms with van der Waals surface area (Å²) in [5.74, 6) is -0.542. The number of carbonyl (C=O) groups is 1. The number of aliphatic hydroxyl groups is 1. The fourth-order valence-corrected chi connectivity index (χ4v) is 4.06. The van der Waals surface area contributed by atoms with Crippen molar-refractivity contribution in [3.05, 3.63) is 107 Å².